The van der Waals surface area contributed by atoms with E-state index in [4.69, 9.17) is 16.3 Å². The van der Waals surface area contributed by atoms with Crippen molar-refractivity contribution in [1.82, 2.24) is 0 Å². The molecular weight excluding hydrogens is 348 g/mol. The van der Waals surface area contributed by atoms with Gasteiger partial charge in [-0.3, -0.25) is 9.59 Å². The van der Waals surface area contributed by atoms with Crippen molar-refractivity contribution in [2.24, 2.45) is 5.92 Å². The predicted octanol–water partition coefficient (Wildman–Crippen LogP) is 4.97. The lowest BCUT2D eigenvalue weighted by molar-refractivity contribution is -0.151. The topological polar surface area (TPSA) is 43.4 Å². The van der Waals surface area contributed by atoms with E-state index in [-0.39, 0.29) is 18.3 Å². The minimum atomic E-state index is -0.817. The van der Waals surface area contributed by atoms with Gasteiger partial charge in [-0.15, -0.1) is 0 Å². The number of carbonyl (C=O) groups is 2. The van der Waals surface area contributed by atoms with E-state index in [1.807, 2.05) is 49.4 Å². The van der Waals surface area contributed by atoms with Gasteiger partial charge in [0.1, 0.15) is 5.92 Å². The zero-order valence-corrected chi connectivity index (χ0v) is 15.6. The van der Waals surface area contributed by atoms with Crippen LogP contribution in [0.2, 0.25) is 5.02 Å². The van der Waals surface area contributed by atoms with Crippen LogP contribution in [-0.4, -0.2) is 18.4 Å². The molecule has 3 rings (SSSR count). The Labute approximate surface area is 158 Å². The molecule has 0 N–H and O–H groups in total. The zero-order chi connectivity index (χ0) is 18.7. The van der Waals surface area contributed by atoms with Gasteiger partial charge in [-0.1, -0.05) is 59.6 Å². The number of ketones is 1. The summed E-state index contributed by atoms with van der Waals surface area (Å²) < 4.78 is 5.18. The van der Waals surface area contributed by atoms with Gasteiger partial charge in [0.05, 0.1) is 6.61 Å². The van der Waals surface area contributed by atoms with Crippen molar-refractivity contribution in [3.05, 3.63) is 76.3 Å². The van der Waals surface area contributed by atoms with E-state index in [1.54, 1.807) is 19.1 Å². The van der Waals surface area contributed by atoms with Crippen LogP contribution in [0.4, 0.5) is 0 Å². The van der Waals surface area contributed by atoms with Crippen LogP contribution in [0, 0.1) is 12.8 Å². The van der Waals surface area contributed by atoms with Crippen LogP contribution in [0.3, 0.4) is 0 Å². The molecule has 0 saturated heterocycles. The minimum absolute atomic E-state index is 0.226. The molecule has 0 heterocycles. The maximum absolute atomic E-state index is 12.9. The summed E-state index contributed by atoms with van der Waals surface area (Å²) in [6, 6.07) is 15.4. The Morgan fingerprint density at radius 1 is 1.19 bits per heavy atom. The second kappa shape index (κ2) is 7.88. The number of allylic oxidation sites excluding steroid dienone is 2. The largest absolute Gasteiger partial charge is 0.465 e. The molecule has 0 saturated carbocycles. The van der Waals surface area contributed by atoms with Crippen LogP contribution in [0.1, 0.15) is 36.0 Å². The van der Waals surface area contributed by atoms with Gasteiger partial charge in [0.15, 0.2) is 5.78 Å². The summed E-state index contributed by atoms with van der Waals surface area (Å²) in [5.41, 5.74) is 3.75. The fraction of sp³-hybridized carbons (Fsp3) is 0.273. The van der Waals surface area contributed by atoms with Crippen molar-refractivity contribution in [3.63, 3.8) is 0 Å². The SMILES string of the molecule is CCOC(=O)[C@@H]1C(=O)C=C(c2ccccc2Cl)C[C@@H]1c1cccc(C)c1. The van der Waals surface area contributed by atoms with E-state index in [0.29, 0.717) is 11.4 Å². The summed E-state index contributed by atoms with van der Waals surface area (Å²) >= 11 is 6.33. The quantitative estimate of drug-likeness (QED) is 0.565. The fourth-order valence-corrected chi connectivity index (χ4v) is 3.76. The molecule has 0 radical (unpaired) electrons. The maximum Gasteiger partial charge on any atom is 0.317 e. The van der Waals surface area contributed by atoms with Gasteiger partial charge in [-0.2, -0.15) is 0 Å². The van der Waals surface area contributed by atoms with Crippen LogP contribution in [-0.2, 0) is 14.3 Å². The number of hydrogen-bond acceptors (Lipinski definition) is 3. The number of rotatable bonds is 4. The second-order valence-electron chi connectivity index (χ2n) is 6.51. The summed E-state index contributed by atoms with van der Waals surface area (Å²) in [7, 11) is 0. The highest BCUT2D eigenvalue weighted by Crippen LogP contribution is 2.41. The standard InChI is InChI=1S/C22H21ClO3/c1-3-26-22(25)21-18(15-8-6-7-14(2)11-15)12-16(13-20(21)24)17-9-4-5-10-19(17)23/h4-11,13,18,21H,3,12H2,1-2H3/t18-,21+/m1/s1. The Kier molecular flexibility index (Phi) is 5.58. The van der Waals surface area contributed by atoms with Crippen molar-refractivity contribution >= 4 is 28.9 Å². The maximum atomic E-state index is 12.9. The molecule has 134 valence electrons. The van der Waals surface area contributed by atoms with Crippen LogP contribution < -0.4 is 0 Å². The van der Waals surface area contributed by atoms with E-state index < -0.39 is 11.9 Å². The molecule has 2 aromatic carbocycles. The van der Waals surface area contributed by atoms with Gasteiger partial charge < -0.3 is 4.74 Å². The lowest BCUT2D eigenvalue weighted by Gasteiger charge is -2.30. The Bertz CT molecular complexity index is 869. The van der Waals surface area contributed by atoms with E-state index in [1.165, 1.54) is 0 Å². The molecule has 1 aliphatic rings. The first-order valence-electron chi connectivity index (χ1n) is 8.73. The summed E-state index contributed by atoms with van der Waals surface area (Å²) in [6.45, 7) is 4.00. The Balaban J connectivity index is 2.06. The minimum Gasteiger partial charge on any atom is -0.465 e. The van der Waals surface area contributed by atoms with Gasteiger partial charge in [0.2, 0.25) is 0 Å². The van der Waals surface area contributed by atoms with Crippen LogP contribution in [0.5, 0.6) is 0 Å². The highest BCUT2D eigenvalue weighted by molar-refractivity contribution is 6.32. The molecule has 0 fully saturated rings. The fourth-order valence-electron chi connectivity index (χ4n) is 3.51. The molecule has 0 bridgehead atoms. The molecule has 3 nitrogen and oxygen atoms in total. The van der Waals surface area contributed by atoms with Crippen molar-refractivity contribution in [2.45, 2.75) is 26.2 Å². The molecule has 4 heteroatoms. The molecule has 0 amide bonds. The average Bonchev–Trinajstić information content (AvgIpc) is 2.61. The lowest BCUT2D eigenvalue weighted by atomic mass is 9.73. The molecule has 0 spiro atoms. The normalized spacial score (nSPS) is 19.8. The van der Waals surface area contributed by atoms with Crippen molar-refractivity contribution in [1.29, 1.82) is 0 Å². The monoisotopic (exact) mass is 368 g/mol. The van der Waals surface area contributed by atoms with E-state index in [0.717, 1.165) is 22.3 Å². The molecule has 0 unspecified atom stereocenters. The number of esters is 1. The molecule has 2 atom stereocenters. The Morgan fingerprint density at radius 2 is 1.96 bits per heavy atom. The Hall–Kier alpha value is -2.39. The van der Waals surface area contributed by atoms with Gasteiger partial charge in [-0.05, 0) is 49.1 Å². The molecule has 0 aromatic heterocycles. The number of carbonyl (C=O) groups excluding carboxylic acids is 2. The van der Waals surface area contributed by atoms with Crippen molar-refractivity contribution in [3.8, 4) is 0 Å². The predicted molar refractivity (Wildman–Crippen MR) is 103 cm³/mol. The molecular formula is C22H21ClO3. The highest BCUT2D eigenvalue weighted by atomic mass is 35.5. The van der Waals surface area contributed by atoms with Crippen molar-refractivity contribution < 1.29 is 14.3 Å². The average molecular weight is 369 g/mol. The number of benzene rings is 2. The van der Waals surface area contributed by atoms with Crippen LogP contribution >= 0.6 is 11.6 Å². The summed E-state index contributed by atoms with van der Waals surface area (Å²) in [5.74, 6) is -1.77. The third kappa shape index (κ3) is 3.73. The number of hydrogen-bond donors (Lipinski definition) is 0. The third-order valence-electron chi connectivity index (χ3n) is 4.70. The molecule has 1 aliphatic carbocycles. The lowest BCUT2D eigenvalue weighted by Crippen LogP contribution is -2.34. The summed E-state index contributed by atoms with van der Waals surface area (Å²) in [5, 5.41) is 0.601. The zero-order valence-electron chi connectivity index (χ0n) is 14.9. The van der Waals surface area contributed by atoms with Crippen LogP contribution in [0.15, 0.2) is 54.6 Å². The smallest absolute Gasteiger partial charge is 0.317 e. The third-order valence-corrected chi connectivity index (χ3v) is 5.03. The van der Waals surface area contributed by atoms with E-state index >= 15 is 0 Å². The van der Waals surface area contributed by atoms with Gasteiger partial charge in [-0.25, -0.2) is 0 Å². The molecule has 2 aromatic rings. The van der Waals surface area contributed by atoms with Crippen molar-refractivity contribution in [2.75, 3.05) is 6.61 Å². The number of halogens is 1. The first kappa shape index (κ1) is 18.4. The highest BCUT2D eigenvalue weighted by Gasteiger charge is 2.40. The van der Waals surface area contributed by atoms with Gasteiger partial charge >= 0.3 is 5.97 Å². The van der Waals surface area contributed by atoms with E-state index in [9.17, 15) is 9.59 Å². The van der Waals surface area contributed by atoms with E-state index in [2.05, 4.69) is 0 Å². The first-order valence-corrected chi connectivity index (χ1v) is 9.11. The Morgan fingerprint density at radius 3 is 2.65 bits per heavy atom. The van der Waals surface area contributed by atoms with Gasteiger partial charge in [0.25, 0.3) is 0 Å². The first-order chi connectivity index (χ1) is 12.5. The number of aryl methyl sites for hydroxylation is 1. The molecule has 0 aliphatic heterocycles. The van der Waals surface area contributed by atoms with Crippen LogP contribution in [0.25, 0.3) is 5.57 Å². The van der Waals surface area contributed by atoms with Gasteiger partial charge in [0, 0.05) is 10.9 Å². The summed E-state index contributed by atoms with van der Waals surface area (Å²) in [6.07, 6.45) is 2.11. The molecule has 26 heavy (non-hydrogen) atoms. The summed E-state index contributed by atoms with van der Waals surface area (Å²) in [4.78, 5) is 25.3. The second-order valence-corrected chi connectivity index (χ2v) is 6.91. The number of ether oxygens (including phenoxy) is 1.